The number of hydroxylamine groups is 1. The molecule has 1 aromatic rings. The second kappa shape index (κ2) is 6.21. The van der Waals surface area contributed by atoms with Crippen LogP contribution in [0, 0.1) is 0 Å². The fraction of sp³-hybridized carbons (Fsp3) is 0.200. The Balaban J connectivity index is 2.70. The van der Waals surface area contributed by atoms with E-state index in [4.69, 9.17) is 9.84 Å². The van der Waals surface area contributed by atoms with Gasteiger partial charge in [0, 0.05) is 4.47 Å². The van der Waals surface area contributed by atoms with E-state index in [9.17, 15) is 9.59 Å². The standard InChI is InChI=1S/C10H10BrNO5/c1-16-6-2-3-8(11)7(4-6)10(15)12-17-5-9(13)14/h2-4H,5H2,1H3,(H,12,15)(H,13,14). The van der Waals surface area contributed by atoms with Crippen molar-refractivity contribution in [1.82, 2.24) is 5.48 Å². The first-order chi connectivity index (χ1) is 8.04. The van der Waals surface area contributed by atoms with E-state index in [2.05, 4.69) is 20.8 Å². The Morgan fingerprint density at radius 1 is 1.47 bits per heavy atom. The van der Waals surface area contributed by atoms with Crippen molar-refractivity contribution in [3.8, 4) is 5.75 Å². The molecule has 0 aliphatic heterocycles. The topological polar surface area (TPSA) is 84.9 Å². The van der Waals surface area contributed by atoms with Gasteiger partial charge in [-0.15, -0.1) is 0 Å². The van der Waals surface area contributed by atoms with Crippen molar-refractivity contribution >= 4 is 27.8 Å². The molecule has 0 atom stereocenters. The maximum absolute atomic E-state index is 11.6. The van der Waals surface area contributed by atoms with Gasteiger partial charge in [-0.3, -0.25) is 9.63 Å². The molecule has 1 rings (SSSR count). The lowest BCUT2D eigenvalue weighted by Gasteiger charge is -2.07. The SMILES string of the molecule is COc1ccc(Br)c(C(=O)NOCC(=O)O)c1. The number of hydrogen-bond acceptors (Lipinski definition) is 4. The first-order valence-electron chi connectivity index (χ1n) is 4.52. The maximum atomic E-state index is 11.6. The molecule has 0 saturated heterocycles. The molecule has 0 radical (unpaired) electrons. The van der Waals surface area contributed by atoms with Gasteiger partial charge in [0.25, 0.3) is 5.91 Å². The van der Waals surface area contributed by atoms with Crippen LogP contribution in [0.25, 0.3) is 0 Å². The fourth-order valence-corrected chi connectivity index (χ4v) is 1.45. The Kier molecular flexibility index (Phi) is 4.92. The van der Waals surface area contributed by atoms with Crippen LogP contribution in [0.4, 0.5) is 0 Å². The summed E-state index contributed by atoms with van der Waals surface area (Å²) in [4.78, 5) is 26.3. The monoisotopic (exact) mass is 303 g/mol. The van der Waals surface area contributed by atoms with Gasteiger partial charge in [-0.2, -0.15) is 0 Å². The molecule has 17 heavy (non-hydrogen) atoms. The highest BCUT2D eigenvalue weighted by atomic mass is 79.9. The first-order valence-corrected chi connectivity index (χ1v) is 5.31. The predicted molar refractivity (Wildman–Crippen MR) is 61.7 cm³/mol. The molecule has 0 aromatic heterocycles. The molecule has 0 spiro atoms. The van der Waals surface area contributed by atoms with Gasteiger partial charge in [-0.1, -0.05) is 0 Å². The third-order valence-electron chi connectivity index (χ3n) is 1.78. The van der Waals surface area contributed by atoms with Gasteiger partial charge in [-0.05, 0) is 34.1 Å². The Bertz CT molecular complexity index is 435. The van der Waals surface area contributed by atoms with E-state index in [-0.39, 0.29) is 5.56 Å². The molecule has 92 valence electrons. The average molecular weight is 304 g/mol. The van der Waals surface area contributed by atoms with Gasteiger partial charge in [0.2, 0.25) is 0 Å². The Hall–Kier alpha value is -1.60. The minimum Gasteiger partial charge on any atom is -0.497 e. The zero-order valence-corrected chi connectivity index (χ0v) is 10.5. The first kappa shape index (κ1) is 13.5. The number of nitrogens with one attached hydrogen (secondary N) is 1. The number of carbonyl (C=O) groups is 2. The highest BCUT2D eigenvalue weighted by Gasteiger charge is 2.11. The molecule has 0 aliphatic carbocycles. The Morgan fingerprint density at radius 2 is 2.18 bits per heavy atom. The molecule has 0 saturated carbocycles. The number of rotatable bonds is 5. The summed E-state index contributed by atoms with van der Waals surface area (Å²) < 4.78 is 5.52. The number of benzene rings is 1. The van der Waals surface area contributed by atoms with Crippen molar-refractivity contribution in [1.29, 1.82) is 0 Å². The molecule has 0 aliphatic rings. The predicted octanol–water partition coefficient (Wildman–Crippen LogP) is 1.20. The second-order valence-corrected chi connectivity index (χ2v) is 3.81. The van der Waals surface area contributed by atoms with Crippen LogP contribution in [-0.4, -0.2) is 30.7 Å². The number of carboxylic acid groups (broad SMARTS) is 1. The minimum absolute atomic E-state index is 0.287. The summed E-state index contributed by atoms with van der Waals surface area (Å²) in [6, 6.07) is 4.83. The zero-order chi connectivity index (χ0) is 12.8. The summed E-state index contributed by atoms with van der Waals surface area (Å²) >= 11 is 3.19. The van der Waals surface area contributed by atoms with Gasteiger partial charge in [-0.25, -0.2) is 10.3 Å². The van der Waals surface area contributed by atoms with Crippen molar-refractivity contribution < 1.29 is 24.3 Å². The van der Waals surface area contributed by atoms with Crippen LogP contribution < -0.4 is 10.2 Å². The third kappa shape index (κ3) is 4.04. The molecule has 0 bridgehead atoms. The van der Waals surface area contributed by atoms with Gasteiger partial charge >= 0.3 is 5.97 Å². The molecule has 2 N–H and O–H groups in total. The van der Waals surface area contributed by atoms with E-state index in [1.54, 1.807) is 12.1 Å². The van der Waals surface area contributed by atoms with Gasteiger partial charge in [0.1, 0.15) is 5.75 Å². The number of carboxylic acids is 1. The van der Waals surface area contributed by atoms with Gasteiger partial charge in [0.15, 0.2) is 6.61 Å². The van der Waals surface area contributed by atoms with E-state index in [1.807, 2.05) is 5.48 Å². The number of ether oxygens (including phenoxy) is 1. The van der Waals surface area contributed by atoms with E-state index >= 15 is 0 Å². The highest BCUT2D eigenvalue weighted by Crippen LogP contribution is 2.22. The van der Waals surface area contributed by atoms with Crippen LogP contribution in [-0.2, 0) is 9.63 Å². The minimum atomic E-state index is -1.17. The Labute approximate surface area is 106 Å². The van der Waals surface area contributed by atoms with Crippen LogP contribution in [0.3, 0.4) is 0 Å². The van der Waals surface area contributed by atoms with Crippen molar-refractivity contribution in [2.75, 3.05) is 13.7 Å². The summed E-state index contributed by atoms with van der Waals surface area (Å²) in [5, 5.41) is 8.33. The van der Waals surface area contributed by atoms with Crippen LogP contribution in [0.15, 0.2) is 22.7 Å². The molecule has 0 fully saturated rings. The van der Waals surface area contributed by atoms with Crippen LogP contribution in [0.2, 0.25) is 0 Å². The van der Waals surface area contributed by atoms with Crippen molar-refractivity contribution in [3.05, 3.63) is 28.2 Å². The van der Waals surface area contributed by atoms with E-state index < -0.39 is 18.5 Å². The summed E-state index contributed by atoms with van der Waals surface area (Å²) in [6.45, 7) is -0.604. The molecular weight excluding hydrogens is 294 g/mol. The number of aliphatic carboxylic acids is 1. The quantitative estimate of drug-likeness (QED) is 0.799. The second-order valence-electron chi connectivity index (χ2n) is 2.96. The van der Waals surface area contributed by atoms with Crippen LogP contribution in [0.5, 0.6) is 5.75 Å². The zero-order valence-electron chi connectivity index (χ0n) is 8.90. The van der Waals surface area contributed by atoms with Gasteiger partial charge < -0.3 is 9.84 Å². The molecule has 0 unspecified atom stereocenters. The number of methoxy groups -OCH3 is 1. The number of carbonyl (C=O) groups excluding carboxylic acids is 1. The molecule has 1 amide bonds. The van der Waals surface area contributed by atoms with Crippen LogP contribution >= 0.6 is 15.9 Å². The van der Waals surface area contributed by atoms with Crippen molar-refractivity contribution in [2.45, 2.75) is 0 Å². The van der Waals surface area contributed by atoms with E-state index in [0.717, 1.165) is 0 Å². The third-order valence-corrected chi connectivity index (χ3v) is 2.47. The number of hydrogen-bond donors (Lipinski definition) is 2. The molecule has 6 nitrogen and oxygen atoms in total. The fourth-order valence-electron chi connectivity index (χ4n) is 1.02. The summed E-state index contributed by atoms with van der Waals surface area (Å²) in [5.41, 5.74) is 2.30. The van der Waals surface area contributed by atoms with E-state index in [0.29, 0.717) is 10.2 Å². The smallest absolute Gasteiger partial charge is 0.332 e. The molecule has 1 aromatic carbocycles. The van der Waals surface area contributed by atoms with Crippen LogP contribution in [0.1, 0.15) is 10.4 Å². The number of amides is 1. The Morgan fingerprint density at radius 3 is 2.76 bits per heavy atom. The molecular formula is C10H10BrNO5. The maximum Gasteiger partial charge on any atom is 0.332 e. The largest absolute Gasteiger partial charge is 0.497 e. The molecule has 7 heteroatoms. The number of halogens is 1. The summed E-state index contributed by atoms with van der Waals surface area (Å²) in [7, 11) is 1.48. The lowest BCUT2D eigenvalue weighted by Crippen LogP contribution is -2.26. The van der Waals surface area contributed by atoms with Crippen molar-refractivity contribution in [2.24, 2.45) is 0 Å². The lowest BCUT2D eigenvalue weighted by atomic mass is 10.2. The van der Waals surface area contributed by atoms with Gasteiger partial charge in [0.05, 0.1) is 12.7 Å². The lowest BCUT2D eigenvalue weighted by molar-refractivity contribution is -0.144. The summed E-state index contributed by atoms with van der Waals surface area (Å²) in [5.74, 6) is -1.22. The molecule has 0 heterocycles. The van der Waals surface area contributed by atoms with Crippen molar-refractivity contribution in [3.63, 3.8) is 0 Å². The average Bonchev–Trinajstić information content (AvgIpc) is 2.29. The van der Waals surface area contributed by atoms with E-state index in [1.165, 1.54) is 13.2 Å². The normalized spacial score (nSPS) is 9.76. The summed E-state index contributed by atoms with van der Waals surface area (Å²) in [6.07, 6.45) is 0. The highest BCUT2D eigenvalue weighted by molar-refractivity contribution is 9.10.